The van der Waals surface area contributed by atoms with Crippen molar-refractivity contribution in [2.75, 3.05) is 13.7 Å². The third-order valence-corrected chi connectivity index (χ3v) is 6.26. The van der Waals surface area contributed by atoms with E-state index in [1.54, 1.807) is 42.3 Å². The number of ether oxygens (including phenoxy) is 1. The van der Waals surface area contributed by atoms with Crippen molar-refractivity contribution in [3.8, 4) is 11.4 Å². The number of hydrogen-bond acceptors (Lipinski definition) is 4. The zero-order chi connectivity index (χ0) is 25.1. The van der Waals surface area contributed by atoms with Crippen molar-refractivity contribution in [2.45, 2.75) is 19.9 Å². The SMILES string of the molecule is CCCOc1ccc2ccccc2c1CN(C)C(=O)c1ccc(-n2cnc3ccccc3c2=O)cc1. The third kappa shape index (κ3) is 4.45. The molecule has 0 aliphatic heterocycles. The average molecular weight is 478 g/mol. The number of carbonyl (C=O) groups is 1. The molecule has 1 amide bonds. The van der Waals surface area contributed by atoms with Crippen LogP contribution in [0.5, 0.6) is 5.75 Å². The Hall–Kier alpha value is -4.45. The number of para-hydroxylation sites is 1. The van der Waals surface area contributed by atoms with E-state index in [1.807, 2.05) is 42.5 Å². The summed E-state index contributed by atoms with van der Waals surface area (Å²) in [6.45, 7) is 3.10. The zero-order valence-electron chi connectivity index (χ0n) is 20.3. The largest absolute Gasteiger partial charge is 0.493 e. The highest BCUT2D eigenvalue weighted by atomic mass is 16.5. The first-order chi connectivity index (χ1) is 17.6. The molecule has 0 saturated carbocycles. The van der Waals surface area contributed by atoms with Gasteiger partial charge in [0.25, 0.3) is 11.5 Å². The molecule has 0 aliphatic carbocycles. The minimum absolute atomic E-state index is 0.111. The van der Waals surface area contributed by atoms with Crippen molar-refractivity contribution < 1.29 is 9.53 Å². The molecular formula is C30H27N3O3. The molecule has 0 atom stereocenters. The van der Waals surface area contributed by atoms with E-state index < -0.39 is 0 Å². The summed E-state index contributed by atoms with van der Waals surface area (Å²) in [7, 11) is 1.79. The van der Waals surface area contributed by atoms with Crippen molar-refractivity contribution >= 4 is 27.6 Å². The molecule has 5 rings (SSSR count). The van der Waals surface area contributed by atoms with Crippen molar-refractivity contribution in [3.05, 3.63) is 113 Å². The molecule has 180 valence electrons. The number of carbonyl (C=O) groups excluding carboxylic acids is 1. The van der Waals surface area contributed by atoms with Crippen LogP contribution in [0.2, 0.25) is 0 Å². The Balaban J connectivity index is 1.41. The van der Waals surface area contributed by atoms with Crippen molar-refractivity contribution in [1.82, 2.24) is 14.5 Å². The van der Waals surface area contributed by atoms with Crippen LogP contribution >= 0.6 is 0 Å². The summed E-state index contributed by atoms with van der Waals surface area (Å²) in [6.07, 6.45) is 2.43. The van der Waals surface area contributed by atoms with Gasteiger partial charge in [-0.25, -0.2) is 4.98 Å². The Kier molecular flexibility index (Phi) is 6.50. The first kappa shape index (κ1) is 23.3. The van der Waals surface area contributed by atoms with E-state index in [-0.39, 0.29) is 11.5 Å². The van der Waals surface area contributed by atoms with Crippen LogP contribution in [0.25, 0.3) is 27.4 Å². The molecule has 1 heterocycles. The second kappa shape index (κ2) is 10.0. The molecule has 0 N–H and O–H groups in total. The number of rotatable bonds is 7. The van der Waals surface area contributed by atoms with Gasteiger partial charge in [-0.2, -0.15) is 0 Å². The molecule has 5 aromatic rings. The van der Waals surface area contributed by atoms with Gasteiger partial charge in [0.2, 0.25) is 0 Å². The summed E-state index contributed by atoms with van der Waals surface area (Å²) in [5.74, 6) is 0.689. The monoisotopic (exact) mass is 477 g/mol. The van der Waals surface area contributed by atoms with Crippen LogP contribution in [0.15, 0.2) is 96.1 Å². The zero-order valence-corrected chi connectivity index (χ0v) is 20.3. The second-order valence-corrected chi connectivity index (χ2v) is 8.76. The van der Waals surface area contributed by atoms with Crippen LogP contribution in [0.3, 0.4) is 0 Å². The fourth-order valence-corrected chi connectivity index (χ4v) is 4.37. The van der Waals surface area contributed by atoms with Crippen LogP contribution in [0, 0.1) is 0 Å². The lowest BCUT2D eigenvalue weighted by Gasteiger charge is -2.21. The van der Waals surface area contributed by atoms with E-state index in [0.29, 0.717) is 35.3 Å². The number of benzene rings is 4. The number of aromatic nitrogens is 2. The average Bonchev–Trinajstić information content (AvgIpc) is 2.92. The van der Waals surface area contributed by atoms with Gasteiger partial charge in [0, 0.05) is 24.7 Å². The first-order valence-electron chi connectivity index (χ1n) is 12.0. The first-order valence-corrected chi connectivity index (χ1v) is 12.0. The molecule has 1 aromatic heterocycles. The smallest absolute Gasteiger partial charge is 0.265 e. The number of nitrogens with zero attached hydrogens (tertiary/aromatic N) is 3. The normalized spacial score (nSPS) is 11.1. The Labute approximate surface area is 209 Å². The second-order valence-electron chi connectivity index (χ2n) is 8.76. The van der Waals surface area contributed by atoms with Crippen LogP contribution in [-0.4, -0.2) is 34.0 Å². The lowest BCUT2D eigenvalue weighted by molar-refractivity contribution is 0.0784. The van der Waals surface area contributed by atoms with Crippen LogP contribution < -0.4 is 10.3 Å². The van der Waals surface area contributed by atoms with Gasteiger partial charge >= 0.3 is 0 Å². The van der Waals surface area contributed by atoms with Crippen LogP contribution in [0.4, 0.5) is 0 Å². The summed E-state index contributed by atoms with van der Waals surface area (Å²) < 4.78 is 7.50. The minimum Gasteiger partial charge on any atom is -0.493 e. The summed E-state index contributed by atoms with van der Waals surface area (Å²) >= 11 is 0. The van der Waals surface area contributed by atoms with Crippen molar-refractivity contribution in [2.24, 2.45) is 0 Å². The van der Waals surface area contributed by atoms with Gasteiger partial charge in [-0.15, -0.1) is 0 Å². The molecule has 0 aliphatic rings. The molecule has 0 unspecified atom stereocenters. The number of hydrogen-bond donors (Lipinski definition) is 0. The highest BCUT2D eigenvalue weighted by molar-refractivity contribution is 5.95. The predicted molar refractivity (Wildman–Crippen MR) is 143 cm³/mol. The maximum Gasteiger partial charge on any atom is 0.265 e. The number of fused-ring (bicyclic) bond motifs is 2. The Morgan fingerprint density at radius 2 is 1.64 bits per heavy atom. The molecular weight excluding hydrogens is 450 g/mol. The van der Waals surface area contributed by atoms with Crippen LogP contribution in [-0.2, 0) is 6.54 Å². The molecule has 36 heavy (non-hydrogen) atoms. The van der Waals surface area contributed by atoms with Gasteiger partial charge in [-0.1, -0.05) is 49.4 Å². The van der Waals surface area contributed by atoms with Crippen LogP contribution in [0.1, 0.15) is 29.3 Å². The van der Waals surface area contributed by atoms with Gasteiger partial charge in [0.15, 0.2) is 0 Å². The van der Waals surface area contributed by atoms with E-state index in [4.69, 9.17) is 4.74 Å². The predicted octanol–water partition coefficient (Wildman–Crippen LogP) is 5.60. The van der Waals surface area contributed by atoms with Gasteiger partial charge in [-0.05, 0) is 59.7 Å². The summed E-state index contributed by atoms with van der Waals surface area (Å²) in [5.41, 5.74) is 2.69. The molecule has 0 saturated heterocycles. The summed E-state index contributed by atoms with van der Waals surface area (Å²) in [5, 5.41) is 2.73. The van der Waals surface area contributed by atoms with E-state index >= 15 is 0 Å². The van der Waals surface area contributed by atoms with Gasteiger partial charge < -0.3 is 9.64 Å². The highest BCUT2D eigenvalue weighted by Gasteiger charge is 2.17. The highest BCUT2D eigenvalue weighted by Crippen LogP contribution is 2.30. The van der Waals surface area contributed by atoms with Gasteiger partial charge in [0.05, 0.1) is 23.2 Å². The summed E-state index contributed by atoms with van der Waals surface area (Å²) in [4.78, 5) is 32.3. The molecule has 0 bridgehead atoms. The Morgan fingerprint density at radius 3 is 2.42 bits per heavy atom. The van der Waals surface area contributed by atoms with Gasteiger partial charge in [0.1, 0.15) is 12.1 Å². The van der Waals surface area contributed by atoms with Gasteiger partial charge in [-0.3, -0.25) is 14.2 Å². The van der Waals surface area contributed by atoms with E-state index in [2.05, 4.69) is 24.0 Å². The standard InChI is InChI=1S/C30H27N3O3/c1-3-18-36-28-17-14-21-8-4-5-9-24(21)26(28)19-32(2)29(34)22-12-15-23(16-13-22)33-20-31-27-11-7-6-10-25(27)30(33)35/h4-17,20H,3,18-19H2,1-2H3. The lowest BCUT2D eigenvalue weighted by atomic mass is 10.0. The Morgan fingerprint density at radius 1 is 0.917 bits per heavy atom. The number of amides is 1. The topological polar surface area (TPSA) is 64.4 Å². The molecule has 0 radical (unpaired) electrons. The van der Waals surface area contributed by atoms with Crippen molar-refractivity contribution in [3.63, 3.8) is 0 Å². The van der Waals surface area contributed by atoms with E-state index in [9.17, 15) is 9.59 Å². The molecule has 4 aromatic carbocycles. The molecule has 0 fully saturated rings. The fraction of sp³-hybridized carbons (Fsp3) is 0.167. The third-order valence-electron chi connectivity index (χ3n) is 6.26. The lowest BCUT2D eigenvalue weighted by Crippen LogP contribution is -2.26. The molecule has 6 heteroatoms. The maximum atomic E-state index is 13.3. The molecule has 0 spiro atoms. The molecule has 6 nitrogen and oxygen atoms in total. The van der Waals surface area contributed by atoms with Crippen molar-refractivity contribution in [1.29, 1.82) is 0 Å². The fourth-order valence-electron chi connectivity index (χ4n) is 4.37. The maximum absolute atomic E-state index is 13.3. The quantitative estimate of drug-likeness (QED) is 0.306. The summed E-state index contributed by atoms with van der Waals surface area (Å²) in [6, 6.07) is 26.4. The van der Waals surface area contributed by atoms with E-state index in [0.717, 1.165) is 28.5 Å². The minimum atomic E-state index is -0.146. The Bertz CT molecular complexity index is 1610. The van der Waals surface area contributed by atoms with E-state index in [1.165, 1.54) is 10.9 Å².